The smallest absolute Gasteiger partial charge is 0.362 e. The first kappa shape index (κ1) is 14.1. The number of rotatable bonds is 5. The Balaban J connectivity index is 2.91. The van der Waals surface area contributed by atoms with E-state index in [-0.39, 0.29) is 11.6 Å². The fraction of sp³-hybridized carbons (Fsp3) is 0.400. The maximum Gasteiger partial charge on any atom is 0.362 e. The molecule has 7 nitrogen and oxygen atoms in total. The van der Waals surface area contributed by atoms with Crippen molar-refractivity contribution in [3.8, 4) is 0 Å². The fourth-order valence-electron chi connectivity index (χ4n) is 1.02. The Morgan fingerprint density at radius 3 is 2.78 bits per heavy atom. The van der Waals surface area contributed by atoms with Crippen LogP contribution in [0.2, 0.25) is 0 Å². The number of amides is 1. The second kappa shape index (κ2) is 6.70. The number of methoxy groups -OCH3 is 1. The average molecular weight is 271 g/mol. The van der Waals surface area contributed by atoms with Crippen LogP contribution in [-0.4, -0.2) is 36.8 Å². The van der Waals surface area contributed by atoms with E-state index >= 15 is 0 Å². The minimum atomic E-state index is -0.657. The van der Waals surface area contributed by atoms with Gasteiger partial charge < -0.3 is 14.9 Å². The van der Waals surface area contributed by atoms with Crippen molar-refractivity contribution in [3.63, 3.8) is 0 Å². The third kappa shape index (κ3) is 3.52. The van der Waals surface area contributed by atoms with Crippen LogP contribution in [0.15, 0.2) is 10.5 Å². The lowest BCUT2D eigenvalue weighted by molar-refractivity contribution is -0.132. The highest BCUT2D eigenvalue weighted by atomic mass is 32.1. The highest BCUT2D eigenvalue weighted by molar-refractivity contribution is 7.14. The molecular weight excluding hydrogens is 258 g/mol. The molecule has 1 aromatic rings. The lowest BCUT2D eigenvalue weighted by atomic mass is 10.3. The summed E-state index contributed by atoms with van der Waals surface area (Å²) in [5.74, 6) is -0.810. The van der Waals surface area contributed by atoms with E-state index < -0.39 is 5.97 Å². The number of thiazole rings is 1. The van der Waals surface area contributed by atoms with Gasteiger partial charge in [-0.2, -0.15) is 0 Å². The summed E-state index contributed by atoms with van der Waals surface area (Å²) in [4.78, 5) is 31.2. The number of oxime groups is 1. The van der Waals surface area contributed by atoms with Crippen LogP contribution < -0.4 is 5.32 Å². The first-order valence-electron chi connectivity index (χ1n) is 5.07. The molecule has 98 valence electrons. The van der Waals surface area contributed by atoms with Crippen molar-refractivity contribution in [2.24, 2.45) is 5.16 Å². The molecule has 1 amide bonds. The number of aromatic nitrogens is 1. The van der Waals surface area contributed by atoms with Crippen molar-refractivity contribution >= 4 is 34.1 Å². The largest absolute Gasteiger partial charge is 0.464 e. The molecule has 1 N–H and O–H groups in total. The van der Waals surface area contributed by atoms with Crippen LogP contribution in [0.1, 0.15) is 19.0 Å². The fourth-order valence-corrected chi connectivity index (χ4v) is 1.74. The number of ether oxygens (including phenoxy) is 1. The summed E-state index contributed by atoms with van der Waals surface area (Å²) in [6, 6.07) is 0. The van der Waals surface area contributed by atoms with Crippen molar-refractivity contribution in [2.75, 3.05) is 19.5 Å². The summed E-state index contributed by atoms with van der Waals surface area (Å²) < 4.78 is 4.56. The number of hydrogen-bond donors (Lipinski definition) is 1. The van der Waals surface area contributed by atoms with Gasteiger partial charge >= 0.3 is 5.97 Å². The molecule has 1 rings (SSSR count). The zero-order valence-electron chi connectivity index (χ0n) is 10.2. The van der Waals surface area contributed by atoms with Crippen LogP contribution >= 0.6 is 11.3 Å². The van der Waals surface area contributed by atoms with E-state index in [1.54, 1.807) is 12.3 Å². The van der Waals surface area contributed by atoms with Crippen LogP contribution in [0.25, 0.3) is 0 Å². The standard InChI is InChI=1S/C10H13N3O4S/c1-4-7(14)12-10-11-6(5-18-10)8(13-17-3)9(15)16-2/h5H,4H2,1-3H3,(H,11,12,14). The van der Waals surface area contributed by atoms with Crippen molar-refractivity contribution < 1.29 is 19.2 Å². The molecule has 1 aromatic heterocycles. The van der Waals surface area contributed by atoms with Gasteiger partial charge in [0, 0.05) is 11.8 Å². The van der Waals surface area contributed by atoms with E-state index in [9.17, 15) is 9.59 Å². The van der Waals surface area contributed by atoms with E-state index in [0.29, 0.717) is 17.2 Å². The van der Waals surface area contributed by atoms with E-state index in [1.807, 2.05) is 0 Å². The number of hydrogen-bond acceptors (Lipinski definition) is 7. The molecule has 0 bridgehead atoms. The van der Waals surface area contributed by atoms with Gasteiger partial charge in [-0.15, -0.1) is 11.3 Å². The van der Waals surface area contributed by atoms with Crippen molar-refractivity contribution in [3.05, 3.63) is 11.1 Å². The van der Waals surface area contributed by atoms with Gasteiger partial charge in [0.25, 0.3) is 0 Å². The highest BCUT2D eigenvalue weighted by Gasteiger charge is 2.19. The quantitative estimate of drug-likeness (QED) is 0.490. The number of anilines is 1. The van der Waals surface area contributed by atoms with Gasteiger partial charge in [-0.25, -0.2) is 9.78 Å². The Hall–Kier alpha value is -1.96. The Morgan fingerprint density at radius 2 is 2.22 bits per heavy atom. The molecule has 0 aliphatic heterocycles. The molecule has 0 fully saturated rings. The van der Waals surface area contributed by atoms with E-state index in [0.717, 1.165) is 0 Å². The normalized spacial score (nSPS) is 10.9. The van der Waals surface area contributed by atoms with Crippen molar-refractivity contribution in [2.45, 2.75) is 13.3 Å². The Morgan fingerprint density at radius 1 is 1.50 bits per heavy atom. The predicted molar refractivity (Wildman–Crippen MR) is 66.6 cm³/mol. The first-order valence-corrected chi connectivity index (χ1v) is 5.95. The second-order valence-corrected chi connectivity index (χ2v) is 3.91. The molecule has 18 heavy (non-hydrogen) atoms. The molecule has 0 aliphatic rings. The monoisotopic (exact) mass is 271 g/mol. The van der Waals surface area contributed by atoms with Gasteiger partial charge in [-0.1, -0.05) is 12.1 Å². The molecule has 0 spiro atoms. The van der Waals surface area contributed by atoms with Crippen molar-refractivity contribution in [1.29, 1.82) is 0 Å². The first-order chi connectivity index (χ1) is 8.62. The molecular formula is C10H13N3O4S. The summed E-state index contributed by atoms with van der Waals surface area (Å²) in [6.45, 7) is 1.73. The van der Waals surface area contributed by atoms with Gasteiger partial charge in [0.15, 0.2) is 5.13 Å². The number of nitrogens with zero attached hydrogens (tertiary/aromatic N) is 2. The van der Waals surface area contributed by atoms with E-state index in [1.165, 1.54) is 25.6 Å². The van der Waals surface area contributed by atoms with Gasteiger partial charge in [0.1, 0.15) is 12.8 Å². The number of carbonyl (C=O) groups is 2. The van der Waals surface area contributed by atoms with Crippen LogP contribution in [0.4, 0.5) is 5.13 Å². The van der Waals surface area contributed by atoms with Crippen LogP contribution in [0.3, 0.4) is 0 Å². The van der Waals surface area contributed by atoms with Crippen LogP contribution in [0, 0.1) is 0 Å². The summed E-state index contributed by atoms with van der Waals surface area (Å²) in [5.41, 5.74) is 0.244. The van der Waals surface area contributed by atoms with Gasteiger partial charge in [0.2, 0.25) is 11.6 Å². The molecule has 0 aromatic carbocycles. The third-order valence-corrected chi connectivity index (χ3v) is 2.63. The SMILES string of the molecule is CCC(=O)Nc1nc(C(=NOC)C(=O)OC)cs1. The zero-order chi connectivity index (χ0) is 13.5. The van der Waals surface area contributed by atoms with E-state index in [2.05, 4.69) is 25.0 Å². The van der Waals surface area contributed by atoms with Crippen LogP contribution in [0.5, 0.6) is 0 Å². The minimum Gasteiger partial charge on any atom is -0.464 e. The average Bonchev–Trinajstić information content (AvgIpc) is 2.83. The number of esters is 1. The van der Waals surface area contributed by atoms with Crippen molar-refractivity contribution in [1.82, 2.24) is 4.98 Å². The van der Waals surface area contributed by atoms with E-state index in [4.69, 9.17) is 0 Å². The minimum absolute atomic E-state index is 0.0479. The molecule has 8 heteroatoms. The molecule has 0 saturated carbocycles. The summed E-state index contributed by atoms with van der Waals surface area (Å²) >= 11 is 1.19. The summed E-state index contributed by atoms with van der Waals surface area (Å²) in [5, 5.41) is 8.11. The maximum absolute atomic E-state index is 11.4. The zero-order valence-corrected chi connectivity index (χ0v) is 11.0. The maximum atomic E-state index is 11.4. The molecule has 0 aliphatic carbocycles. The Kier molecular flexibility index (Phi) is 5.25. The number of nitrogens with one attached hydrogen (secondary N) is 1. The molecule has 1 heterocycles. The molecule has 0 radical (unpaired) electrons. The second-order valence-electron chi connectivity index (χ2n) is 3.05. The van der Waals surface area contributed by atoms with Crippen LogP contribution in [-0.2, 0) is 19.2 Å². The Labute approximate surface area is 108 Å². The molecule has 0 saturated heterocycles. The van der Waals surface area contributed by atoms with Gasteiger partial charge in [-0.3, -0.25) is 4.79 Å². The molecule has 0 atom stereocenters. The number of carbonyl (C=O) groups excluding carboxylic acids is 2. The third-order valence-electron chi connectivity index (χ3n) is 1.88. The predicted octanol–water partition coefficient (Wildman–Crippen LogP) is 1.02. The topological polar surface area (TPSA) is 89.9 Å². The van der Waals surface area contributed by atoms with Gasteiger partial charge in [0.05, 0.1) is 7.11 Å². The van der Waals surface area contributed by atoms with Gasteiger partial charge in [-0.05, 0) is 0 Å². The molecule has 0 unspecified atom stereocenters. The Bertz CT molecular complexity index is 469. The summed E-state index contributed by atoms with van der Waals surface area (Å²) in [7, 11) is 2.55. The summed E-state index contributed by atoms with van der Waals surface area (Å²) in [6.07, 6.45) is 0.352. The lowest BCUT2D eigenvalue weighted by Crippen LogP contribution is -2.18. The lowest BCUT2D eigenvalue weighted by Gasteiger charge is -2.00. The highest BCUT2D eigenvalue weighted by Crippen LogP contribution is 2.16.